The maximum atomic E-state index is 11.7. The van der Waals surface area contributed by atoms with Gasteiger partial charge in [-0.2, -0.15) is 0 Å². The summed E-state index contributed by atoms with van der Waals surface area (Å²) in [5, 5.41) is 10.7. The van der Waals surface area contributed by atoms with E-state index in [1.165, 1.54) is 44.8 Å². The highest BCUT2D eigenvalue weighted by atomic mass is 35.5. The fourth-order valence-electron chi connectivity index (χ4n) is 3.84. The molecule has 146 valence electrons. The normalized spacial score (nSPS) is 14.9. The minimum Gasteiger partial charge on any atom is -0.495 e. The predicted molar refractivity (Wildman–Crippen MR) is 113 cm³/mol. The van der Waals surface area contributed by atoms with Gasteiger partial charge in [0, 0.05) is 10.1 Å². The van der Waals surface area contributed by atoms with Gasteiger partial charge in [0.2, 0.25) is 0 Å². The van der Waals surface area contributed by atoms with Gasteiger partial charge in [0.05, 0.1) is 12.1 Å². The van der Waals surface area contributed by atoms with E-state index in [1.807, 2.05) is 12.1 Å². The van der Waals surface area contributed by atoms with Crippen LogP contribution < -0.4 is 9.47 Å². The van der Waals surface area contributed by atoms with Crippen LogP contribution in [0.1, 0.15) is 53.3 Å². The number of thiophene rings is 1. The fraction of sp³-hybridized carbons (Fsp3) is 0.318. The van der Waals surface area contributed by atoms with Gasteiger partial charge in [-0.05, 0) is 48.6 Å². The first-order valence-electron chi connectivity index (χ1n) is 9.38. The molecule has 4 rings (SSSR count). The van der Waals surface area contributed by atoms with Crippen LogP contribution >= 0.6 is 22.9 Å². The molecule has 0 spiro atoms. The topological polar surface area (TPSA) is 55.8 Å². The molecule has 28 heavy (non-hydrogen) atoms. The molecule has 0 unspecified atom stereocenters. The molecule has 1 aliphatic carbocycles. The van der Waals surface area contributed by atoms with Crippen molar-refractivity contribution in [1.29, 1.82) is 0 Å². The van der Waals surface area contributed by atoms with Crippen molar-refractivity contribution in [2.75, 3.05) is 7.11 Å². The quantitative estimate of drug-likeness (QED) is 0.481. The second kappa shape index (κ2) is 8.02. The van der Waals surface area contributed by atoms with Crippen LogP contribution in [0.15, 0.2) is 36.4 Å². The van der Waals surface area contributed by atoms with Gasteiger partial charge in [0.25, 0.3) is 0 Å². The fourth-order valence-corrected chi connectivity index (χ4v) is 5.13. The lowest BCUT2D eigenvalue weighted by Gasteiger charge is -2.22. The number of ether oxygens (including phenoxy) is 2. The summed E-state index contributed by atoms with van der Waals surface area (Å²) in [5.74, 6) is 1.03. The van der Waals surface area contributed by atoms with Crippen LogP contribution in [0.3, 0.4) is 0 Å². The molecule has 0 saturated heterocycles. The number of carbonyl (C=O) groups is 1. The first kappa shape index (κ1) is 19.1. The van der Waals surface area contributed by atoms with Crippen molar-refractivity contribution in [3.8, 4) is 17.2 Å². The molecular weight excluding hydrogens is 396 g/mol. The van der Waals surface area contributed by atoms with Gasteiger partial charge in [-0.3, -0.25) is 0 Å². The van der Waals surface area contributed by atoms with Crippen molar-refractivity contribution < 1.29 is 19.4 Å². The van der Waals surface area contributed by atoms with Crippen LogP contribution in [0, 0.1) is 0 Å². The largest absolute Gasteiger partial charge is 0.495 e. The summed E-state index contributed by atoms with van der Waals surface area (Å²) in [6.07, 6.45) is 6.37. The summed E-state index contributed by atoms with van der Waals surface area (Å²) in [6, 6.07) is 11.5. The Bertz CT molecular complexity index is 1000. The van der Waals surface area contributed by atoms with Gasteiger partial charge in [-0.25, -0.2) is 4.79 Å². The van der Waals surface area contributed by atoms with Gasteiger partial charge in [0.1, 0.15) is 11.5 Å². The summed E-state index contributed by atoms with van der Waals surface area (Å²) in [6.45, 7) is 0. The Hall–Kier alpha value is -2.24. The van der Waals surface area contributed by atoms with E-state index in [4.69, 9.17) is 21.1 Å². The van der Waals surface area contributed by atoms with Gasteiger partial charge in [-0.15, -0.1) is 11.3 Å². The number of benzene rings is 2. The minimum absolute atomic E-state index is 0.149. The first-order chi connectivity index (χ1) is 13.6. The van der Waals surface area contributed by atoms with Gasteiger partial charge < -0.3 is 14.6 Å². The lowest BCUT2D eigenvalue weighted by atomic mass is 9.84. The van der Waals surface area contributed by atoms with Crippen molar-refractivity contribution in [2.45, 2.75) is 38.0 Å². The standard InChI is InChI=1S/C22H21ClO4S/c1-26-18-11-16-19(12-17(18)23)28-21(22(24)25)20(16)27-15-9-7-14(8-10-15)13-5-3-2-4-6-13/h7-13H,2-6H2,1H3,(H,24,25). The molecular formula is C22H21ClO4S. The molecule has 1 aliphatic rings. The van der Waals surface area contributed by atoms with Gasteiger partial charge in [0.15, 0.2) is 10.6 Å². The van der Waals surface area contributed by atoms with E-state index >= 15 is 0 Å². The van der Waals surface area contributed by atoms with Crippen LogP contribution in [0.25, 0.3) is 10.1 Å². The number of hydrogen-bond acceptors (Lipinski definition) is 4. The third-order valence-electron chi connectivity index (χ3n) is 5.29. The molecule has 0 atom stereocenters. The highest BCUT2D eigenvalue weighted by Crippen LogP contribution is 2.44. The molecule has 6 heteroatoms. The Balaban J connectivity index is 1.68. The molecule has 1 saturated carbocycles. The van der Waals surface area contributed by atoms with Crippen LogP contribution in [0.4, 0.5) is 0 Å². The minimum atomic E-state index is -1.02. The molecule has 2 aromatic carbocycles. The molecule has 1 fully saturated rings. The van der Waals surface area contributed by atoms with Crippen molar-refractivity contribution in [2.24, 2.45) is 0 Å². The van der Waals surface area contributed by atoms with Gasteiger partial charge >= 0.3 is 5.97 Å². The molecule has 0 amide bonds. The Kier molecular flexibility index (Phi) is 5.47. The molecule has 0 aliphatic heterocycles. The zero-order valence-electron chi connectivity index (χ0n) is 15.5. The maximum absolute atomic E-state index is 11.7. The van der Waals surface area contributed by atoms with E-state index in [2.05, 4.69) is 12.1 Å². The number of fused-ring (bicyclic) bond motifs is 1. The number of carboxylic acid groups (broad SMARTS) is 1. The number of hydrogen-bond donors (Lipinski definition) is 1. The SMILES string of the molecule is COc1cc2c(Oc3ccc(C4CCCCC4)cc3)c(C(=O)O)sc2cc1Cl. The summed E-state index contributed by atoms with van der Waals surface area (Å²) in [5.41, 5.74) is 1.33. The van der Waals surface area contributed by atoms with Crippen molar-refractivity contribution in [1.82, 2.24) is 0 Å². The maximum Gasteiger partial charge on any atom is 0.349 e. The Morgan fingerprint density at radius 3 is 2.50 bits per heavy atom. The third-order valence-corrected chi connectivity index (χ3v) is 6.70. The van der Waals surface area contributed by atoms with Crippen LogP contribution in [-0.2, 0) is 0 Å². The Morgan fingerprint density at radius 1 is 1.14 bits per heavy atom. The van der Waals surface area contributed by atoms with Crippen LogP contribution in [-0.4, -0.2) is 18.2 Å². The van der Waals surface area contributed by atoms with E-state index in [0.717, 1.165) is 16.0 Å². The molecule has 1 heterocycles. The second-order valence-electron chi connectivity index (χ2n) is 7.05. The number of aromatic carboxylic acids is 1. The highest BCUT2D eigenvalue weighted by Gasteiger charge is 2.22. The lowest BCUT2D eigenvalue weighted by molar-refractivity contribution is 0.0700. The highest BCUT2D eigenvalue weighted by molar-refractivity contribution is 7.21. The Morgan fingerprint density at radius 2 is 1.86 bits per heavy atom. The molecule has 3 aromatic rings. The summed E-state index contributed by atoms with van der Waals surface area (Å²) in [7, 11) is 1.53. The molecule has 0 bridgehead atoms. The molecule has 4 nitrogen and oxygen atoms in total. The van der Waals surface area contributed by atoms with E-state index in [9.17, 15) is 9.90 Å². The number of methoxy groups -OCH3 is 1. The second-order valence-corrected chi connectivity index (χ2v) is 8.51. The van der Waals surface area contributed by atoms with Gasteiger partial charge in [-0.1, -0.05) is 43.0 Å². The van der Waals surface area contributed by atoms with E-state index in [1.54, 1.807) is 12.1 Å². The average molecular weight is 417 g/mol. The van der Waals surface area contributed by atoms with Crippen LogP contribution in [0.5, 0.6) is 17.2 Å². The van der Waals surface area contributed by atoms with E-state index in [0.29, 0.717) is 33.6 Å². The third kappa shape index (κ3) is 3.69. The summed E-state index contributed by atoms with van der Waals surface area (Å²) < 4.78 is 12.1. The van der Waals surface area contributed by atoms with Crippen molar-refractivity contribution in [3.05, 3.63) is 51.9 Å². The van der Waals surface area contributed by atoms with Crippen LogP contribution in [0.2, 0.25) is 5.02 Å². The zero-order chi connectivity index (χ0) is 19.7. The average Bonchev–Trinajstić information content (AvgIpc) is 3.06. The summed E-state index contributed by atoms with van der Waals surface area (Å²) in [4.78, 5) is 11.9. The molecule has 1 aromatic heterocycles. The monoisotopic (exact) mass is 416 g/mol. The zero-order valence-corrected chi connectivity index (χ0v) is 17.1. The number of rotatable bonds is 5. The number of halogens is 1. The van der Waals surface area contributed by atoms with Crippen molar-refractivity contribution >= 4 is 39.0 Å². The lowest BCUT2D eigenvalue weighted by Crippen LogP contribution is -2.04. The molecule has 0 radical (unpaired) electrons. The molecule has 1 N–H and O–H groups in total. The Labute approximate surface area is 172 Å². The number of carboxylic acids is 1. The summed E-state index contributed by atoms with van der Waals surface area (Å²) >= 11 is 7.34. The smallest absolute Gasteiger partial charge is 0.349 e. The predicted octanol–water partition coefficient (Wildman–Crippen LogP) is 7.10. The van der Waals surface area contributed by atoms with Crippen molar-refractivity contribution in [3.63, 3.8) is 0 Å². The first-order valence-corrected chi connectivity index (χ1v) is 10.6. The van der Waals surface area contributed by atoms with E-state index < -0.39 is 5.97 Å². The van der Waals surface area contributed by atoms with E-state index in [-0.39, 0.29) is 4.88 Å².